The van der Waals surface area contributed by atoms with E-state index >= 15 is 4.39 Å². The molecule has 0 saturated carbocycles. The fraction of sp³-hybridized carbons (Fsp3) is 0.455. The minimum atomic E-state index is -2.81. The number of benzene rings is 1. The molecule has 2 N–H and O–H groups in total. The molecule has 2 aromatic heterocycles. The number of hydrogen-bond acceptors (Lipinski definition) is 11. The van der Waals surface area contributed by atoms with Gasteiger partial charge in [0.25, 0.3) is 0 Å². The molecule has 0 bridgehead atoms. The predicted octanol–water partition coefficient (Wildman–Crippen LogP) is 2.39. The summed E-state index contributed by atoms with van der Waals surface area (Å²) in [5.74, 6) is 0.0259. The van der Waals surface area contributed by atoms with E-state index in [0.717, 1.165) is 4.83 Å². The van der Waals surface area contributed by atoms with E-state index in [2.05, 4.69) is 20.3 Å². The summed E-state index contributed by atoms with van der Waals surface area (Å²) in [7, 11) is 0.0394. The summed E-state index contributed by atoms with van der Waals surface area (Å²) in [5, 5.41) is 13.6. The van der Waals surface area contributed by atoms with E-state index in [-0.39, 0.29) is 0 Å². The van der Waals surface area contributed by atoms with Crippen LogP contribution in [0, 0.1) is 0 Å². The first-order valence-electron chi connectivity index (χ1n) is 11.3. The smallest absolute Gasteiger partial charge is 0.468 e. The van der Waals surface area contributed by atoms with Gasteiger partial charge in [0.1, 0.15) is 35.5 Å². The second-order valence-electron chi connectivity index (χ2n) is 8.36. The Morgan fingerprint density at radius 2 is 2.08 bits per heavy atom. The minimum absolute atomic E-state index is 0.294. The summed E-state index contributed by atoms with van der Waals surface area (Å²) < 4.78 is 46.1. The number of ether oxygens (including phenoxy) is 2. The number of alkyl halides is 1. The Hall–Kier alpha value is -3.29. The second-order valence-corrected chi connectivity index (χ2v) is 9.49. The van der Waals surface area contributed by atoms with E-state index in [1.54, 1.807) is 37.4 Å². The Morgan fingerprint density at radius 3 is 2.76 bits per heavy atom. The van der Waals surface area contributed by atoms with Crippen molar-refractivity contribution in [1.82, 2.24) is 24.4 Å². The number of carbonyl (C=O) groups is 1. The highest BCUT2D eigenvalue weighted by Crippen LogP contribution is 2.44. The van der Waals surface area contributed by atoms with Gasteiger partial charge in [-0.2, -0.15) is 0 Å². The predicted molar refractivity (Wildman–Crippen MR) is 128 cm³/mol. The van der Waals surface area contributed by atoms with Crippen LogP contribution in [0.2, 0.25) is 0 Å². The molecule has 13 nitrogen and oxygen atoms in total. The number of methoxy groups -OCH3 is 1. The minimum Gasteiger partial charge on any atom is -0.468 e. The topological polar surface area (TPSA) is 150 Å². The zero-order valence-corrected chi connectivity index (χ0v) is 21.4. The number of nitrogens with one attached hydrogen (secondary N) is 1. The molecule has 1 saturated heterocycles. The summed E-state index contributed by atoms with van der Waals surface area (Å²) in [6.45, 7) is 2.13. The maximum atomic E-state index is 15.7. The molecule has 0 spiro atoms. The highest BCUT2D eigenvalue weighted by Gasteiger charge is 2.56. The molecule has 0 aliphatic carbocycles. The van der Waals surface area contributed by atoms with Gasteiger partial charge in [0.05, 0.1) is 13.4 Å². The van der Waals surface area contributed by atoms with Gasteiger partial charge in [0.15, 0.2) is 35.2 Å². The standard InChI is InChI=1S/C22H27FN6O7P/c1-13(20(31)33-4)29(36-14-8-6-5-7-9-14)37(32)34-10-15-17(30)22(2,23)21(35-15)28-12-27-16-18(24-3)25-11-26-19(16)28/h5-9,11-13,15,17,21,30H,10H2,1-4H3,(H,24,25,26)/q+1/t13-,15+,17+,21+,22+/m0/s1. The zero-order valence-electron chi connectivity index (χ0n) is 20.5. The molecular formula is C22H27FN6O7P+. The van der Waals surface area contributed by atoms with Crippen molar-refractivity contribution in [3.05, 3.63) is 43.0 Å². The fourth-order valence-electron chi connectivity index (χ4n) is 3.86. The molecule has 198 valence electrons. The van der Waals surface area contributed by atoms with Crippen LogP contribution in [0.1, 0.15) is 20.1 Å². The van der Waals surface area contributed by atoms with Gasteiger partial charge in [-0.1, -0.05) is 18.2 Å². The molecule has 0 amide bonds. The Labute approximate surface area is 212 Å². The van der Waals surface area contributed by atoms with Crippen LogP contribution in [-0.2, 0) is 23.4 Å². The SMILES string of the molecule is CNc1ncnc2c1ncn2[C@@H]1O[C@H](CO[P+](=O)N(Oc2ccccc2)[C@@H](C)C(=O)OC)[C@@H](O)[C@@]1(C)F. The number of para-hydroxylation sites is 1. The van der Waals surface area contributed by atoms with E-state index in [9.17, 15) is 14.5 Å². The fourth-order valence-corrected chi connectivity index (χ4v) is 4.78. The third kappa shape index (κ3) is 5.24. The van der Waals surface area contributed by atoms with Gasteiger partial charge >= 0.3 is 14.1 Å². The van der Waals surface area contributed by atoms with Gasteiger partial charge in [0, 0.05) is 7.05 Å². The van der Waals surface area contributed by atoms with Crippen molar-refractivity contribution in [2.24, 2.45) is 0 Å². The lowest BCUT2D eigenvalue weighted by atomic mass is 9.98. The van der Waals surface area contributed by atoms with E-state index in [4.69, 9.17) is 18.8 Å². The number of halogens is 1. The van der Waals surface area contributed by atoms with Gasteiger partial charge in [-0.15, -0.1) is 4.52 Å². The lowest BCUT2D eigenvalue weighted by Crippen LogP contribution is -2.41. The molecule has 4 rings (SSSR count). The number of hydrogen-bond donors (Lipinski definition) is 2. The van der Waals surface area contributed by atoms with Crippen LogP contribution < -0.4 is 10.2 Å². The molecule has 6 atom stereocenters. The van der Waals surface area contributed by atoms with E-state index in [1.807, 2.05) is 0 Å². The van der Waals surface area contributed by atoms with Crippen molar-refractivity contribution in [3.8, 4) is 5.75 Å². The number of aromatic nitrogens is 4. The first-order valence-corrected chi connectivity index (χ1v) is 12.4. The van der Waals surface area contributed by atoms with Crippen LogP contribution in [0.3, 0.4) is 0 Å². The molecule has 1 aromatic carbocycles. The molecule has 37 heavy (non-hydrogen) atoms. The quantitative estimate of drug-likeness (QED) is 0.222. The van der Waals surface area contributed by atoms with Crippen LogP contribution in [0.15, 0.2) is 43.0 Å². The molecule has 3 heterocycles. The molecule has 1 unspecified atom stereocenters. The van der Waals surface area contributed by atoms with Crippen molar-refractivity contribution in [3.63, 3.8) is 0 Å². The maximum Gasteiger partial charge on any atom is 0.653 e. The molecule has 0 radical (unpaired) electrons. The Morgan fingerprint density at radius 1 is 1.35 bits per heavy atom. The van der Waals surface area contributed by atoms with E-state index < -0.39 is 50.9 Å². The Bertz CT molecular complexity index is 1260. The second kappa shape index (κ2) is 11.0. The largest absolute Gasteiger partial charge is 0.653 e. The van der Waals surface area contributed by atoms with Crippen molar-refractivity contribution in [2.45, 2.75) is 44.0 Å². The number of anilines is 1. The summed E-state index contributed by atoms with van der Waals surface area (Å²) in [4.78, 5) is 31.0. The summed E-state index contributed by atoms with van der Waals surface area (Å²) in [5.41, 5.74) is -1.59. The van der Waals surface area contributed by atoms with Gasteiger partial charge < -0.3 is 24.7 Å². The highest BCUT2D eigenvalue weighted by atomic mass is 31.1. The maximum absolute atomic E-state index is 15.7. The average molecular weight is 537 g/mol. The molecule has 1 aliphatic heterocycles. The van der Waals surface area contributed by atoms with Crippen molar-refractivity contribution < 1.29 is 37.7 Å². The molecule has 1 aliphatic rings. The van der Waals surface area contributed by atoms with E-state index in [0.29, 0.717) is 22.7 Å². The number of imidazole rings is 1. The number of aliphatic hydroxyl groups excluding tert-OH is 1. The lowest BCUT2D eigenvalue weighted by Gasteiger charge is -2.24. The number of fused-ring (bicyclic) bond motifs is 1. The van der Waals surface area contributed by atoms with Crippen LogP contribution in [0.25, 0.3) is 11.2 Å². The summed E-state index contributed by atoms with van der Waals surface area (Å²) >= 11 is 0. The molecule has 1 fully saturated rings. The Balaban J connectivity index is 1.50. The number of esters is 1. The third-order valence-electron chi connectivity index (χ3n) is 5.89. The monoisotopic (exact) mass is 537 g/mol. The van der Waals surface area contributed by atoms with Crippen molar-refractivity contribution in [1.29, 1.82) is 0 Å². The molecule has 15 heteroatoms. The number of aliphatic hydroxyl groups is 1. The van der Waals surface area contributed by atoms with Crippen molar-refractivity contribution in [2.75, 3.05) is 26.1 Å². The third-order valence-corrected chi connectivity index (χ3v) is 7.01. The molecular weight excluding hydrogens is 510 g/mol. The highest BCUT2D eigenvalue weighted by molar-refractivity contribution is 7.36. The van der Waals surface area contributed by atoms with Gasteiger partial charge in [0.2, 0.25) is 0 Å². The summed E-state index contributed by atoms with van der Waals surface area (Å²) in [6.07, 6.45) is -1.54. The molecule has 3 aromatic rings. The lowest BCUT2D eigenvalue weighted by molar-refractivity contribution is -0.152. The number of nitrogens with zero attached hydrogens (tertiary/aromatic N) is 5. The zero-order chi connectivity index (χ0) is 26.7. The average Bonchev–Trinajstić information content (AvgIpc) is 3.43. The van der Waals surface area contributed by atoms with Gasteiger partial charge in [-0.3, -0.25) is 9.36 Å². The van der Waals surface area contributed by atoms with E-state index in [1.165, 1.54) is 38.2 Å². The van der Waals surface area contributed by atoms with Crippen LogP contribution in [-0.4, -0.2) is 80.1 Å². The number of rotatable bonds is 10. The number of hydroxylamine groups is 1. The first kappa shape index (κ1) is 26.8. The van der Waals surface area contributed by atoms with Crippen molar-refractivity contribution >= 4 is 31.1 Å². The Kier molecular flexibility index (Phi) is 7.95. The van der Waals surface area contributed by atoms with Gasteiger partial charge in [-0.25, -0.2) is 19.3 Å². The van der Waals surface area contributed by atoms with Crippen LogP contribution in [0.4, 0.5) is 10.2 Å². The van der Waals surface area contributed by atoms with Gasteiger partial charge in [-0.05, 0) is 30.5 Å². The van der Waals surface area contributed by atoms with Crippen LogP contribution >= 0.6 is 8.18 Å². The number of carbonyl (C=O) groups excluding carboxylic acids is 1. The summed E-state index contributed by atoms with van der Waals surface area (Å²) in [6, 6.07) is 7.23. The normalized spacial score (nSPS) is 24.7. The van der Waals surface area contributed by atoms with Crippen LogP contribution in [0.5, 0.6) is 5.75 Å². The first-order chi connectivity index (χ1) is 17.7.